The lowest BCUT2D eigenvalue weighted by Gasteiger charge is -2.10. The lowest BCUT2D eigenvalue weighted by atomic mass is 10.0. The zero-order valence-electron chi connectivity index (χ0n) is 11.4. The number of hydrogen-bond acceptors (Lipinski definition) is 4. The van der Waals surface area contributed by atoms with Crippen molar-refractivity contribution in [1.82, 2.24) is 0 Å². The molecule has 0 aliphatic carbocycles. The van der Waals surface area contributed by atoms with Crippen molar-refractivity contribution in [3.63, 3.8) is 0 Å². The highest BCUT2D eigenvalue weighted by Gasteiger charge is 2.03. The smallest absolute Gasteiger partial charge is 0.0442 e. The van der Waals surface area contributed by atoms with E-state index in [2.05, 4.69) is 50.5 Å². The molecule has 0 N–H and O–H groups in total. The van der Waals surface area contributed by atoms with Gasteiger partial charge in [-0.25, -0.2) is 0 Å². The Morgan fingerprint density at radius 3 is 1.56 bits per heavy atom. The van der Waals surface area contributed by atoms with Crippen LogP contribution in [0.5, 0.6) is 0 Å². The monoisotopic (exact) mass is 326 g/mol. The van der Waals surface area contributed by atoms with E-state index in [1.54, 1.807) is 0 Å². The summed E-state index contributed by atoms with van der Waals surface area (Å²) in [5.41, 5.74) is 0. The van der Waals surface area contributed by atoms with Crippen molar-refractivity contribution in [1.29, 1.82) is 0 Å². The minimum absolute atomic E-state index is 0.258. The SMILES string of the molecule is SCCCCCCCC(S)CCCCCC(S)S. The maximum Gasteiger partial charge on any atom is 0.0442 e. The predicted molar refractivity (Wildman–Crippen MR) is 99.2 cm³/mol. The molecule has 18 heavy (non-hydrogen) atoms. The highest BCUT2D eigenvalue weighted by Crippen LogP contribution is 2.18. The van der Waals surface area contributed by atoms with Crippen molar-refractivity contribution < 1.29 is 0 Å². The van der Waals surface area contributed by atoms with Crippen molar-refractivity contribution in [3.05, 3.63) is 0 Å². The molecule has 0 spiro atoms. The summed E-state index contributed by atoms with van der Waals surface area (Å²) < 4.78 is 0.258. The van der Waals surface area contributed by atoms with E-state index in [4.69, 9.17) is 0 Å². The zero-order chi connectivity index (χ0) is 13.6. The van der Waals surface area contributed by atoms with Gasteiger partial charge in [0, 0.05) is 9.83 Å². The minimum Gasteiger partial charge on any atom is -0.179 e. The first-order chi connectivity index (χ1) is 8.66. The van der Waals surface area contributed by atoms with Crippen LogP contribution in [0.2, 0.25) is 0 Å². The average molecular weight is 327 g/mol. The van der Waals surface area contributed by atoms with Crippen LogP contribution in [0, 0.1) is 0 Å². The Bertz CT molecular complexity index is 162. The maximum atomic E-state index is 4.67. The van der Waals surface area contributed by atoms with Crippen LogP contribution in [0.25, 0.3) is 0 Å². The van der Waals surface area contributed by atoms with Gasteiger partial charge in [-0.15, -0.1) is 0 Å². The van der Waals surface area contributed by atoms with Gasteiger partial charge in [0.2, 0.25) is 0 Å². The van der Waals surface area contributed by atoms with Crippen molar-refractivity contribution in [3.8, 4) is 0 Å². The van der Waals surface area contributed by atoms with E-state index in [1.165, 1.54) is 64.2 Å². The van der Waals surface area contributed by atoms with Gasteiger partial charge in [0.15, 0.2) is 0 Å². The first kappa shape index (κ1) is 19.4. The molecule has 0 heterocycles. The summed E-state index contributed by atoms with van der Waals surface area (Å²) in [6.45, 7) is 0. The van der Waals surface area contributed by atoms with Crippen molar-refractivity contribution in [2.75, 3.05) is 5.75 Å². The third-order valence-corrected chi connectivity index (χ3v) is 4.54. The Hall–Kier alpha value is 1.40. The topological polar surface area (TPSA) is 0 Å². The quantitative estimate of drug-likeness (QED) is 0.186. The number of unbranched alkanes of at least 4 members (excludes halogenated alkanes) is 6. The molecule has 110 valence electrons. The Morgan fingerprint density at radius 2 is 1.00 bits per heavy atom. The molecule has 1 atom stereocenters. The average Bonchev–Trinajstić information content (AvgIpc) is 2.33. The van der Waals surface area contributed by atoms with Crippen LogP contribution in [-0.4, -0.2) is 15.6 Å². The normalized spacial score (nSPS) is 13.2. The Kier molecular flexibility index (Phi) is 16.0. The molecule has 1 unspecified atom stereocenters. The van der Waals surface area contributed by atoms with E-state index in [0.717, 1.165) is 12.2 Å². The molecule has 0 rings (SSSR count). The fraction of sp³-hybridized carbons (Fsp3) is 1.00. The van der Waals surface area contributed by atoms with Gasteiger partial charge in [0.05, 0.1) is 0 Å². The van der Waals surface area contributed by atoms with Crippen LogP contribution in [0.15, 0.2) is 0 Å². The molecule has 0 aliphatic rings. The molecule has 0 bridgehead atoms. The van der Waals surface area contributed by atoms with Crippen LogP contribution in [0.3, 0.4) is 0 Å². The van der Waals surface area contributed by atoms with Crippen LogP contribution >= 0.6 is 50.5 Å². The molecule has 0 nitrogen and oxygen atoms in total. The molecule has 4 heteroatoms. The summed E-state index contributed by atoms with van der Waals surface area (Å²) in [5.74, 6) is 1.04. The Morgan fingerprint density at radius 1 is 0.556 bits per heavy atom. The van der Waals surface area contributed by atoms with Crippen LogP contribution in [0.4, 0.5) is 0 Å². The summed E-state index contributed by atoms with van der Waals surface area (Å²) >= 11 is 17.4. The van der Waals surface area contributed by atoms with Crippen LogP contribution < -0.4 is 0 Å². The molecule has 0 aromatic rings. The van der Waals surface area contributed by atoms with Crippen molar-refractivity contribution >= 4 is 50.5 Å². The van der Waals surface area contributed by atoms with Crippen LogP contribution in [0.1, 0.15) is 70.6 Å². The second kappa shape index (κ2) is 14.8. The van der Waals surface area contributed by atoms with E-state index < -0.39 is 0 Å². The zero-order valence-corrected chi connectivity index (χ0v) is 15.0. The van der Waals surface area contributed by atoms with Crippen LogP contribution in [-0.2, 0) is 0 Å². The first-order valence-electron chi connectivity index (χ1n) is 7.32. The number of rotatable bonds is 13. The molecule has 0 saturated heterocycles. The van der Waals surface area contributed by atoms with Gasteiger partial charge in [0.25, 0.3) is 0 Å². The van der Waals surface area contributed by atoms with Gasteiger partial charge in [-0.1, -0.05) is 44.9 Å². The molecule has 0 radical (unpaired) electrons. The lowest BCUT2D eigenvalue weighted by molar-refractivity contribution is 0.559. The Balaban J connectivity index is 3.15. The highest BCUT2D eigenvalue weighted by molar-refractivity contribution is 7.99. The molecular formula is C14H30S4. The fourth-order valence-electron chi connectivity index (χ4n) is 2.05. The molecule has 0 amide bonds. The van der Waals surface area contributed by atoms with Crippen molar-refractivity contribution in [2.45, 2.75) is 80.5 Å². The van der Waals surface area contributed by atoms with E-state index >= 15 is 0 Å². The fourth-order valence-corrected chi connectivity index (χ4v) is 3.00. The second-order valence-corrected chi connectivity index (χ2v) is 7.88. The summed E-state index contributed by atoms with van der Waals surface area (Å²) in [4.78, 5) is 0. The van der Waals surface area contributed by atoms with E-state index in [-0.39, 0.29) is 4.58 Å². The number of thiol groups is 4. The van der Waals surface area contributed by atoms with Crippen molar-refractivity contribution in [2.24, 2.45) is 0 Å². The van der Waals surface area contributed by atoms with Gasteiger partial charge in [-0.2, -0.15) is 50.5 Å². The van der Waals surface area contributed by atoms with Gasteiger partial charge in [-0.3, -0.25) is 0 Å². The van der Waals surface area contributed by atoms with E-state index in [0.29, 0.717) is 5.25 Å². The standard InChI is InChI=1S/C14H30S4/c15-12-8-3-1-2-5-9-13(16)10-6-4-7-11-14(17)18/h13-18H,1-12H2. The Labute approximate surface area is 136 Å². The molecular weight excluding hydrogens is 296 g/mol. The molecule has 0 aromatic heterocycles. The summed E-state index contributed by atoms with van der Waals surface area (Å²) in [7, 11) is 0. The van der Waals surface area contributed by atoms with E-state index in [9.17, 15) is 0 Å². The van der Waals surface area contributed by atoms with Gasteiger partial charge >= 0.3 is 0 Å². The summed E-state index contributed by atoms with van der Waals surface area (Å²) in [6.07, 6.45) is 14.2. The predicted octanol–water partition coefficient (Wildman–Crippen LogP) is 5.69. The first-order valence-corrected chi connectivity index (χ1v) is 9.50. The summed E-state index contributed by atoms with van der Waals surface area (Å²) in [5, 5.41) is 0.609. The molecule has 0 saturated carbocycles. The minimum atomic E-state index is 0.258. The molecule has 0 aromatic carbocycles. The third kappa shape index (κ3) is 15.5. The van der Waals surface area contributed by atoms with Gasteiger partial charge in [0.1, 0.15) is 0 Å². The maximum absolute atomic E-state index is 4.67. The highest BCUT2D eigenvalue weighted by atomic mass is 32.2. The number of hydrogen-bond donors (Lipinski definition) is 4. The summed E-state index contributed by atoms with van der Waals surface area (Å²) in [6, 6.07) is 0. The molecule has 0 fully saturated rings. The van der Waals surface area contributed by atoms with Gasteiger partial charge < -0.3 is 0 Å². The van der Waals surface area contributed by atoms with E-state index in [1.807, 2.05) is 0 Å². The largest absolute Gasteiger partial charge is 0.179 e. The molecule has 0 aliphatic heterocycles. The lowest BCUT2D eigenvalue weighted by Crippen LogP contribution is -1.99. The third-order valence-electron chi connectivity index (χ3n) is 3.20. The van der Waals surface area contributed by atoms with Gasteiger partial charge in [-0.05, 0) is 31.4 Å². The second-order valence-electron chi connectivity index (χ2n) is 5.05.